The van der Waals surface area contributed by atoms with Gasteiger partial charge in [0, 0.05) is 6.54 Å². The van der Waals surface area contributed by atoms with E-state index in [1.165, 1.54) is 0 Å². The molecule has 0 heterocycles. The highest BCUT2D eigenvalue weighted by Gasteiger charge is 2.24. The van der Waals surface area contributed by atoms with Crippen LogP contribution >= 0.6 is 0 Å². The summed E-state index contributed by atoms with van der Waals surface area (Å²) in [5, 5.41) is 21.0. The molecular weight excluding hydrogens is 268 g/mol. The summed E-state index contributed by atoms with van der Waals surface area (Å²) < 4.78 is 5.72. The number of benzene rings is 1. The molecule has 0 fully saturated rings. The Bertz CT molecular complexity index is 506. The van der Waals surface area contributed by atoms with Crippen LogP contribution in [0.25, 0.3) is 0 Å². The molecule has 0 saturated heterocycles. The molecule has 0 saturated carbocycles. The smallest absolute Gasteiger partial charge is 0.261 e. The van der Waals surface area contributed by atoms with E-state index in [1.54, 1.807) is 31.2 Å². The number of nitriles is 1. The molecule has 2 N–H and O–H groups in total. The maximum atomic E-state index is 12.2. The van der Waals surface area contributed by atoms with Gasteiger partial charge in [-0.1, -0.05) is 26.0 Å². The van der Waals surface area contributed by atoms with Crippen LogP contribution in [0, 0.1) is 17.2 Å². The van der Waals surface area contributed by atoms with Crippen LogP contribution in [-0.4, -0.2) is 29.8 Å². The lowest BCUT2D eigenvalue weighted by atomic mass is 10.1. The second kappa shape index (κ2) is 8.28. The predicted molar refractivity (Wildman–Crippen MR) is 79.7 cm³/mol. The van der Waals surface area contributed by atoms with E-state index in [-0.39, 0.29) is 11.8 Å². The summed E-state index contributed by atoms with van der Waals surface area (Å²) in [5.41, 5.74) is 0.403. The Morgan fingerprint density at radius 1 is 1.38 bits per heavy atom. The van der Waals surface area contributed by atoms with E-state index in [2.05, 4.69) is 5.32 Å². The molecule has 0 aromatic heterocycles. The minimum Gasteiger partial charge on any atom is -0.479 e. The monoisotopic (exact) mass is 290 g/mol. The Kier molecular flexibility index (Phi) is 6.70. The Labute approximate surface area is 125 Å². The second-order valence-electron chi connectivity index (χ2n) is 5.32. The molecule has 21 heavy (non-hydrogen) atoms. The van der Waals surface area contributed by atoms with Gasteiger partial charge in [-0.05, 0) is 31.4 Å². The van der Waals surface area contributed by atoms with Crippen LogP contribution in [0.4, 0.5) is 0 Å². The number of para-hydroxylation sites is 1. The van der Waals surface area contributed by atoms with Gasteiger partial charge in [-0.2, -0.15) is 5.26 Å². The van der Waals surface area contributed by atoms with Crippen LogP contribution in [-0.2, 0) is 4.79 Å². The summed E-state index contributed by atoms with van der Waals surface area (Å²) in [6.45, 7) is 5.83. The van der Waals surface area contributed by atoms with E-state index in [0.29, 0.717) is 24.3 Å². The molecule has 2 unspecified atom stereocenters. The first-order valence-corrected chi connectivity index (χ1v) is 7.07. The van der Waals surface area contributed by atoms with Crippen molar-refractivity contribution in [3.05, 3.63) is 29.8 Å². The highest BCUT2D eigenvalue weighted by Crippen LogP contribution is 2.20. The average molecular weight is 290 g/mol. The van der Waals surface area contributed by atoms with Crippen molar-refractivity contribution in [2.45, 2.75) is 39.4 Å². The summed E-state index contributed by atoms with van der Waals surface area (Å²) in [7, 11) is 0. The zero-order valence-electron chi connectivity index (χ0n) is 12.7. The van der Waals surface area contributed by atoms with E-state index >= 15 is 0 Å². The van der Waals surface area contributed by atoms with Gasteiger partial charge in [0.05, 0.1) is 11.7 Å². The summed E-state index contributed by atoms with van der Waals surface area (Å²) in [6.07, 6.45) is -0.637. The first-order chi connectivity index (χ1) is 9.95. The van der Waals surface area contributed by atoms with Gasteiger partial charge in [0.15, 0.2) is 6.10 Å². The summed E-state index contributed by atoms with van der Waals surface area (Å²) in [6, 6.07) is 8.89. The molecule has 1 aromatic carbocycles. The van der Waals surface area contributed by atoms with Crippen molar-refractivity contribution in [2.75, 3.05) is 6.54 Å². The van der Waals surface area contributed by atoms with Gasteiger partial charge in [0.2, 0.25) is 0 Å². The summed E-state index contributed by atoms with van der Waals surface area (Å²) >= 11 is 0. The third kappa shape index (κ3) is 5.44. The molecular formula is C16H22N2O3. The lowest BCUT2D eigenvalue weighted by Crippen LogP contribution is -2.42. The fraction of sp³-hybridized carbons (Fsp3) is 0.500. The highest BCUT2D eigenvalue weighted by molar-refractivity contribution is 5.81. The standard InChI is InChI=1S/C16H22N2O3/c1-11(2)15(16(20)18-9-8-12(3)19)21-14-7-5-4-6-13(14)10-17/h4-7,11-12,15,19H,8-9H2,1-3H3,(H,18,20). The van der Waals surface area contributed by atoms with E-state index < -0.39 is 12.2 Å². The highest BCUT2D eigenvalue weighted by atomic mass is 16.5. The number of carbonyl (C=O) groups is 1. The number of nitrogens with zero attached hydrogens (tertiary/aromatic N) is 1. The molecule has 0 bridgehead atoms. The number of aliphatic hydroxyl groups is 1. The molecule has 0 aliphatic carbocycles. The maximum Gasteiger partial charge on any atom is 0.261 e. The molecule has 1 rings (SSSR count). The topological polar surface area (TPSA) is 82.3 Å². The molecule has 5 nitrogen and oxygen atoms in total. The molecule has 5 heteroatoms. The molecule has 0 radical (unpaired) electrons. The van der Waals surface area contributed by atoms with E-state index in [1.807, 2.05) is 19.9 Å². The van der Waals surface area contributed by atoms with Crippen LogP contribution in [0.2, 0.25) is 0 Å². The first kappa shape index (κ1) is 17.0. The van der Waals surface area contributed by atoms with Crippen LogP contribution in [0.1, 0.15) is 32.8 Å². The SMILES string of the molecule is CC(O)CCNC(=O)C(Oc1ccccc1C#N)C(C)C. The maximum absolute atomic E-state index is 12.2. The Balaban J connectivity index is 2.74. The van der Waals surface area contributed by atoms with Crippen molar-refractivity contribution in [3.63, 3.8) is 0 Å². The Morgan fingerprint density at radius 2 is 2.05 bits per heavy atom. The second-order valence-corrected chi connectivity index (χ2v) is 5.32. The third-order valence-corrected chi connectivity index (χ3v) is 2.99. The number of amides is 1. The number of nitrogens with one attached hydrogen (secondary N) is 1. The number of hydrogen-bond acceptors (Lipinski definition) is 4. The normalized spacial score (nSPS) is 13.3. The fourth-order valence-corrected chi connectivity index (χ4v) is 1.80. The van der Waals surface area contributed by atoms with E-state index in [0.717, 1.165) is 0 Å². The van der Waals surface area contributed by atoms with Gasteiger partial charge in [-0.25, -0.2) is 0 Å². The van der Waals surface area contributed by atoms with Crippen molar-refractivity contribution in [2.24, 2.45) is 5.92 Å². The minimum atomic E-state index is -0.673. The van der Waals surface area contributed by atoms with Crippen molar-refractivity contribution in [1.29, 1.82) is 5.26 Å². The number of carbonyl (C=O) groups excluding carboxylic acids is 1. The van der Waals surface area contributed by atoms with Gasteiger partial charge in [0.1, 0.15) is 11.8 Å². The number of hydrogen-bond donors (Lipinski definition) is 2. The molecule has 0 aliphatic heterocycles. The van der Waals surface area contributed by atoms with Crippen LogP contribution in [0.5, 0.6) is 5.75 Å². The molecule has 1 amide bonds. The summed E-state index contributed by atoms with van der Waals surface area (Å²) in [5.74, 6) is 0.131. The fourth-order valence-electron chi connectivity index (χ4n) is 1.80. The van der Waals surface area contributed by atoms with Crippen LogP contribution in [0.3, 0.4) is 0 Å². The Morgan fingerprint density at radius 3 is 2.62 bits per heavy atom. The average Bonchev–Trinajstić information content (AvgIpc) is 2.44. The lowest BCUT2D eigenvalue weighted by Gasteiger charge is -2.22. The van der Waals surface area contributed by atoms with Crippen molar-refractivity contribution < 1.29 is 14.6 Å². The van der Waals surface area contributed by atoms with Gasteiger partial charge in [-0.15, -0.1) is 0 Å². The van der Waals surface area contributed by atoms with E-state index in [4.69, 9.17) is 10.00 Å². The summed E-state index contributed by atoms with van der Waals surface area (Å²) in [4.78, 5) is 12.2. The van der Waals surface area contributed by atoms with Crippen molar-refractivity contribution >= 4 is 5.91 Å². The van der Waals surface area contributed by atoms with Crippen LogP contribution < -0.4 is 10.1 Å². The quantitative estimate of drug-likeness (QED) is 0.803. The zero-order chi connectivity index (χ0) is 15.8. The lowest BCUT2D eigenvalue weighted by molar-refractivity contribution is -0.129. The first-order valence-electron chi connectivity index (χ1n) is 7.07. The Hall–Kier alpha value is -2.06. The molecule has 0 spiro atoms. The van der Waals surface area contributed by atoms with E-state index in [9.17, 15) is 9.90 Å². The minimum absolute atomic E-state index is 0.0386. The number of ether oxygens (including phenoxy) is 1. The third-order valence-electron chi connectivity index (χ3n) is 2.99. The van der Waals surface area contributed by atoms with Gasteiger partial charge in [0.25, 0.3) is 5.91 Å². The van der Waals surface area contributed by atoms with Gasteiger partial charge in [-0.3, -0.25) is 4.79 Å². The predicted octanol–water partition coefficient (Wildman–Crippen LogP) is 1.85. The van der Waals surface area contributed by atoms with Crippen molar-refractivity contribution in [1.82, 2.24) is 5.32 Å². The van der Waals surface area contributed by atoms with Gasteiger partial charge >= 0.3 is 0 Å². The molecule has 0 aliphatic rings. The zero-order valence-corrected chi connectivity index (χ0v) is 12.7. The largest absolute Gasteiger partial charge is 0.479 e. The number of rotatable bonds is 7. The van der Waals surface area contributed by atoms with Gasteiger partial charge < -0.3 is 15.2 Å². The molecule has 2 atom stereocenters. The van der Waals surface area contributed by atoms with Crippen molar-refractivity contribution in [3.8, 4) is 11.8 Å². The van der Waals surface area contributed by atoms with Crippen LogP contribution in [0.15, 0.2) is 24.3 Å². The molecule has 114 valence electrons. The number of aliphatic hydroxyl groups excluding tert-OH is 1. The molecule has 1 aromatic rings.